The van der Waals surface area contributed by atoms with E-state index in [1.807, 2.05) is 4.72 Å². The van der Waals surface area contributed by atoms with Crippen molar-refractivity contribution >= 4 is 27.3 Å². The summed E-state index contributed by atoms with van der Waals surface area (Å²) in [6.07, 6.45) is 0. The standard InChI is InChI=1S/C11H16N4O5S/c1-7(2)14-11(16)6-13-21(19,20)10-4-3-8(12)5-9(10)15(17)18/h3-5,7,13H,6,12H2,1-2H3,(H,14,16). The van der Waals surface area contributed by atoms with Gasteiger partial charge < -0.3 is 11.1 Å². The van der Waals surface area contributed by atoms with Crippen molar-refractivity contribution in [2.75, 3.05) is 12.3 Å². The van der Waals surface area contributed by atoms with Gasteiger partial charge in [-0.2, -0.15) is 0 Å². The highest BCUT2D eigenvalue weighted by molar-refractivity contribution is 7.89. The molecule has 0 atom stereocenters. The molecule has 1 aromatic carbocycles. The predicted octanol–water partition coefficient (Wildman–Crippen LogP) is -0.0201. The zero-order valence-electron chi connectivity index (χ0n) is 11.5. The Balaban J connectivity index is 2.98. The summed E-state index contributed by atoms with van der Waals surface area (Å²) in [4.78, 5) is 20.9. The van der Waals surface area contributed by atoms with E-state index in [2.05, 4.69) is 5.32 Å². The summed E-state index contributed by atoms with van der Waals surface area (Å²) in [5, 5.41) is 13.4. The van der Waals surface area contributed by atoms with Crippen LogP contribution in [0.1, 0.15) is 13.8 Å². The fraction of sp³-hybridized carbons (Fsp3) is 0.364. The SMILES string of the molecule is CC(C)NC(=O)CNS(=O)(=O)c1ccc(N)cc1[N+](=O)[O-]. The minimum absolute atomic E-state index is 0.0678. The van der Waals surface area contributed by atoms with Crippen LogP contribution in [0.25, 0.3) is 0 Å². The zero-order chi connectivity index (χ0) is 16.2. The third-order valence-electron chi connectivity index (χ3n) is 2.34. The highest BCUT2D eigenvalue weighted by Gasteiger charge is 2.26. The van der Waals surface area contributed by atoms with Crippen molar-refractivity contribution in [1.82, 2.24) is 10.0 Å². The van der Waals surface area contributed by atoms with Gasteiger partial charge in [-0.05, 0) is 26.0 Å². The molecule has 0 aliphatic rings. The highest BCUT2D eigenvalue weighted by atomic mass is 32.2. The monoisotopic (exact) mass is 316 g/mol. The lowest BCUT2D eigenvalue weighted by atomic mass is 10.3. The first-order valence-corrected chi connectivity index (χ1v) is 7.44. The number of nitrogens with one attached hydrogen (secondary N) is 2. The van der Waals surface area contributed by atoms with Gasteiger partial charge in [0.15, 0.2) is 4.90 Å². The fourth-order valence-corrected chi connectivity index (χ4v) is 2.65. The van der Waals surface area contributed by atoms with Gasteiger partial charge in [-0.3, -0.25) is 14.9 Å². The molecule has 1 amide bonds. The minimum atomic E-state index is -4.19. The van der Waals surface area contributed by atoms with E-state index in [0.29, 0.717) is 0 Å². The Kier molecular flexibility index (Phi) is 5.22. The Morgan fingerprint density at radius 1 is 1.43 bits per heavy atom. The summed E-state index contributed by atoms with van der Waals surface area (Å²) < 4.78 is 26.1. The van der Waals surface area contributed by atoms with Crippen molar-refractivity contribution in [3.8, 4) is 0 Å². The maximum atomic E-state index is 12.0. The Morgan fingerprint density at radius 2 is 2.05 bits per heavy atom. The molecule has 0 aliphatic carbocycles. The van der Waals surface area contributed by atoms with Crippen molar-refractivity contribution in [2.24, 2.45) is 0 Å². The van der Waals surface area contributed by atoms with Gasteiger partial charge in [-0.1, -0.05) is 0 Å². The third-order valence-corrected chi connectivity index (χ3v) is 3.79. The molecular formula is C11H16N4O5S. The zero-order valence-corrected chi connectivity index (χ0v) is 12.3. The summed E-state index contributed by atoms with van der Waals surface area (Å²) in [6, 6.07) is 3.06. The molecular weight excluding hydrogens is 300 g/mol. The molecule has 0 heterocycles. The summed E-state index contributed by atoms with van der Waals surface area (Å²) in [5.41, 5.74) is 4.82. The molecule has 4 N–H and O–H groups in total. The number of carbonyl (C=O) groups is 1. The van der Waals surface area contributed by atoms with Crippen LogP contribution < -0.4 is 15.8 Å². The molecule has 0 spiro atoms. The smallest absolute Gasteiger partial charge is 0.291 e. The number of hydrogen-bond acceptors (Lipinski definition) is 6. The van der Waals surface area contributed by atoms with Crippen molar-refractivity contribution < 1.29 is 18.1 Å². The van der Waals surface area contributed by atoms with Crippen LogP contribution in [-0.4, -0.2) is 31.8 Å². The first-order valence-electron chi connectivity index (χ1n) is 5.96. The third kappa shape index (κ3) is 4.68. The molecule has 0 saturated heterocycles. The van der Waals surface area contributed by atoms with E-state index in [-0.39, 0.29) is 11.7 Å². The molecule has 21 heavy (non-hydrogen) atoms. The first kappa shape index (κ1) is 16.9. The Labute approximate surface area is 121 Å². The van der Waals surface area contributed by atoms with Gasteiger partial charge in [0.1, 0.15) is 0 Å². The van der Waals surface area contributed by atoms with E-state index in [9.17, 15) is 23.3 Å². The van der Waals surface area contributed by atoms with Gasteiger partial charge in [0, 0.05) is 17.8 Å². The Bertz CT molecular complexity index is 657. The second-order valence-electron chi connectivity index (χ2n) is 4.53. The van der Waals surface area contributed by atoms with Crippen LogP contribution in [0, 0.1) is 10.1 Å². The number of sulfonamides is 1. The van der Waals surface area contributed by atoms with Gasteiger partial charge in [0.25, 0.3) is 5.69 Å². The van der Waals surface area contributed by atoms with Crippen molar-refractivity contribution in [3.05, 3.63) is 28.3 Å². The average Bonchev–Trinajstić information content (AvgIpc) is 2.35. The van der Waals surface area contributed by atoms with E-state index >= 15 is 0 Å². The maximum Gasteiger partial charge on any atom is 0.291 e. The highest BCUT2D eigenvalue weighted by Crippen LogP contribution is 2.25. The number of benzene rings is 1. The van der Waals surface area contributed by atoms with Gasteiger partial charge >= 0.3 is 0 Å². The topological polar surface area (TPSA) is 144 Å². The fourth-order valence-electron chi connectivity index (χ4n) is 1.52. The van der Waals surface area contributed by atoms with E-state index in [0.717, 1.165) is 12.1 Å². The maximum absolute atomic E-state index is 12.0. The number of carbonyl (C=O) groups excluding carboxylic acids is 1. The van der Waals surface area contributed by atoms with Gasteiger partial charge in [-0.15, -0.1) is 0 Å². The van der Waals surface area contributed by atoms with Gasteiger partial charge in [-0.25, -0.2) is 13.1 Å². The molecule has 1 rings (SSSR count). The summed E-state index contributed by atoms with van der Waals surface area (Å²) in [6.45, 7) is 2.93. The van der Waals surface area contributed by atoms with Crippen molar-refractivity contribution in [1.29, 1.82) is 0 Å². The number of nitrogen functional groups attached to an aromatic ring is 1. The molecule has 0 saturated carbocycles. The van der Waals surface area contributed by atoms with Crippen molar-refractivity contribution in [2.45, 2.75) is 24.8 Å². The molecule has 116 valence electrons. The Hall–Kier alpha value is -2.20. The lowest BCUT2D eigenvalue weighted by molar-refractivity contribution is -0.387. The second-order valence-corrected chi connectivity index (χ2v) is 6.27. The largest absolute Gasteiger partial charge is 0.399 e. The van der Waals surface area contributed by atoms with Crippen LogP contribution in [0.5, 0.6) is 0 Å². The number of rotatable bonds is 6. The number of amides is 1. The number of hydrogen-bond donors (Lipinski definition) is 3. The first-order chi connectivity index (χ1) is 9.63. The Morgan fingerprint density at radius 3 is 2.57 bits per heavy atom. The number of nitro benzene ring substituents is 1. The van der Waals surface area contributed by atoms with Crippen LogP contribution in [0.4, 0.5) is 11.4 Å². The summed E-state index contributed by atoms with van der Waals surface area (Å²) >= 11 is 0. The molecule has 0 aromatic heterocycles. The summed E-state index contributed by atoms with van der Waals surface area (Å²) in [5.74, 6) is -0.535. The number of nitrogens with zero attached hydrogens (tertiary/aromatic N) is 1. The molecule has 0 fully saturated rings. The van der Waals surface area contributed by atoms with Crippen LogP contribution in [0.3, 0.4) is 0 Å². The lowest BCUT2D eigenvalue weighted by Crippen LogP contribution is -2.39. The van der Waals surface area contributed by atoms with Gasteiger partial charge in [0.05, 0.1) is 11.5 Å². The number of nitrogens with two attached hydrogens (primary N) is 1. The second kappa shape index (κ2) is 6.50. The number of anilines is 1. The molecule has 0 radical (unpaired) electrons. The molecule has 0 bridgehead atoms. The quantitative estimate of drug-likeness (QED) is 0.382. The molecule has 10 heteroatoms. The van der Waals surface area contributed by atoms with E-state index in [1.165, 1.54) is 6.07 Å². The molecule has 1 aromatic rings. The molecule has 9 nitrogen and oxygen atoms in total. The van der Waals surface area contributed by atoms with E-state index < -0.39 is 38.0 Å². The van der Waals surface area contributed by atoms with Crippen LogP contribution >= 0.6 is 0 Å². The van der Waals surface area contributed by atoms with Crippen LogP contribution in [-0.2, 0) is 14.8 Å². The minimum Gasteiger partial charge on any atom is -0.399 e. The van der Waals surface area contributed by atoms with Crippen molar-refractivity contribution in [3.63, 3.8) is 0 Å². The van der Waals surface area contributed by atoms with Crippen LogP contribution in [0.15, 0.2) is 23.1 Å². The molecule has 0 aliphatic heterocycles. The lowest BCUT2D eigenvalue weighted by Gasteiger charge is -2.10. The van der Waals surface area contributed by atoms with E-state index in [1.54, 1.807) is 13.8 Å². The normalized spacial score (nSPS) is 11.4. The van der Waals surface area contributed by atoms with Crippen LogP contribution in [0.2, 0.25) is 0 Å². The summed E-state index contributed by atoms with van der Waals surface area (Å²) in [7, 11) is -4.19. The van der Waals surface area contributed by atoms with E-state index in [4.69, 9.17) is 5.73 Å². The predicted molar refractivity (Wildman–Crippen MR) is 76.0 cm³/mol. The number of nitro groups is 1. The molecule has 0 unspecified atom stereocenters. The van der Waals surface area contributed by atoms with Gasteiger partial charge in [0.2, 0.25) is 15.9 Å². The average molecular weight is 316 g/mol.